The fourth-order valence-corrected chi connectivity index (χ4v) is 4.86. The number of rotatable bonds is 3. The molecule has 5 heteroatoms. The Kier molecular flexibility index (Phi) is 4.79. The maximum atomic E-state index is 13.9. The Labute approximate surface area is 170 Å². The van der Waals surface area contributed by atoms with Crippen LogP contribution in [0, 0.1) is 25.3 Å². The van der Waals surface area contributed by atoms with Gasteiger partial charge in [-0.1, -0.05) is 43.3 Å². The first-order valence-electron chi connectivity index (χ1n) is 9.88. The average Bonchev–Trinajstić information content (AvgIpc) is 2.73. The number of hydrogen-bond donors (Lipinski definition) is 0. The predicted octanol–water partition coefficient (Wildman–Crippen LogP) is 3.70. The van der Waals surface area contributed by atoms with Crippen molar-refractivity contribution in [3.05, 3.63) is 88.7 Å². The highest BCUT2D eigenvalue weighted by Gasteiger charge is 2.56. The average molecular weight is 385 g/mol. The van der Waals surface area contributed by atoms with Crippen LogP contribution in [0.4, 0.5) is 0 Å². The zero-order valence-electron chi connectivity index (χ0n) is 16.6. The molecule has 5 nitrogen and oxygen atoms in total. The number of aryl methyl sites for hydroxylation is 1. The van der Waals surface area contributed by atoms with E-state index in [4.69, 9.17) is 6.57 Å². The molecule has 1 fully saturated rings. The van der Waals surface area contributed by atoms with Crippen LogP contribution in [0.5, 0.6) is 0 Å². The molecular weight excluding hydrogens is 362 g/mol. The minimum atomic E-state index is -0.977. The summed E-state index contributed by atoms with van der Waals surface area (Å²) in [7, 11) is 0. The maximum absolute atomic E-state index is 13.9. The van der Waals surface area contributed by atoms with Crippen LogP contribution in [0.2, 0.25) is 0 Å². The number of benzene rings is 1. The summed E-state index contributed by atoms with van der Waals surface area (Å²) in [5.41, 5.74) is 1.89. The molecule has 1 amide bonds. The van der Waals surface area contributed by atoms with E-state index in [1.165, 1.54) is 0 Å². The number of piperidine rings is 1. The Balaban J connectivity index is 1.83. The van der Waals surface area contributed by atoms with E-state index < -0.39 is 5.41 Å². The standard InChI is InChI=1S/C24H23N3O2/c1-16-13-18(9-11-26-16)15-27-12-10-20-17(2)22(28)21(25-3)14-24(20,23(27)29)19-7-5-4-6-8-19/h4-9,11,13-14,17,20H,10,12,15H2,1-2H3/t17-,20-,24+/m1/s1. The number of aromatic nitrogens is 1. The van der Waals surface area contributed by atoms with Crippen LogP contribution in [-0.4, -0.2) is 28.1 Å². The van der Waals surface area contributed by atoms with Gasteiger partial charge >= 0.3 is 0 Å². The molecule has 1 aliphatic heterocycles. The Morgan fingerprint density at radius 1 is 1.24 bits per heavy atom. The summed E-state index contributed by atoms with van der Waals surface area (Å²) in [6.45, 7) is 12.4. The molecule has 0 saturated carbocycles. The van der Waals surface area contributed by atoms with Gasteiger partial charge in [0.15, 0.2) is 5.78 Å². The van der Waals surface area contributed by atoms with Crippen molar-refractivity contribution >= 4 is 11.7 Å². The molecule has 0 N–H and O–H groups in total. The second kappa shape index (κ2) is 7.29. The van der Waals surface area contributed by atoms with E-state index in [2.05, 4.69) is 9.83 Å². The van der Waals surface area contributed by atoms with Gasteiger partial charge in [0.05, 0.1) is 12.0 Å². The molecule has 0 unspecified atom stereocenters. The molecular formula is C24H23N3O2. The molecule has 1 aromatic heterocycles. The van der Waals surface area contributed by atoms with Gasteiger partial charge in [0.25, 0.3) is 0 Å². The monoisotopic (exact) mass is 385 g/mol. The van der Waals surface area contributed by atoms with E-state index in [0.29, 0.717) is 13.1 Å². The van der Waals surface area contributed by atoms with Crippen molar-refractivity contribution < 1.29 is 9.59 Å². The van der Waals surface area contributed by atoms with Crippen molar-refractivity contribution in [2.45, 2.75) is 32.2 Å². The quantitative estimate of drug-likeness (QED) is 0.757. The minimum Gasteiger partial charge on any atom is -0.337 e. The smallest absolute Gasteiger partial charge is 0.236 e. The van der Waals surface area contributed by atoms with Gasteiger partial charge in [-0.15, -0.1) is 0 Å². The lowest BCUT2D eigenvalue weighted by atomic mass is 9.58. The molecule has 0 spiro atoms. The third kappa shape index (κ3) is 3.05. The summed E-state index contributed by atoms with van der Waals surface area (Å²) in [5.74, 6) is -0.693. The number of carbonyl (C=O) groups excluding carboxylic acids is 2. The molecule has 1 saturated heterocycles. The van der Waals surface area contributed by atoms with Crippen molar-refractivity contribution in [2.24, 2.45) is 11.8 Å². The van der Waals surface area contributed by atoms with Gasteiger partial charge < -0.3 is 9.69 Å². The second-order valence-electron chi connectivity index (χ2n) is 7.96. The normalized spacial score (nSPS) is 26.5. The number of Topliss-reactive ketones (excluding diaryl/α,β-unsaturated/α-hetero) is 1. The Bertz CT molecular complexity index is 1040. The molecule has 3 atom stereocenters. The lowest BCUT2D eigenvalue weighted by molar-refractivity contribution is -0.145. The zero-order chi connectivity index (χ0) is 20.6. The van der Waals surface area contributed by atoms with Gasteiger partial charge in [-0.05, 0) is 42.5 Å². The van der Waals surface area contributed by atoms with Crippen LogP contribution in [0.15, 0.2) is 60.4 Å². The number of allylic oxidation sites excluding steroid dienone is 1. The molecule has 1 aliphatic carbocycles. The zero-order valence-corrected chi connectivity index (χ0v) is 16.6. The Morgan fingerprint density at radius 3 is 2.69 bits per heavy atom. The third-order valence-corrected chi connectivity index (χ3v) is 6.28. The number of nitrogens with zero attached hydrogens (tertiary/aromatic N) is 3. The lowest BCUT2D eigenvalue weighted by Crippen LogP contribution is -2.59. The first-order valence-corrected chi connectivity index (χ1v) is 9.88. The molecule has 29 heavy (non-hydrogen) atoms. The van der Waals surface area contributed by atoms with Crippen molar-refractivity contribution in [1.29, 1.82) is 0 Å². The molecule has 0 bridgehead atoms. The van der Waals surface area contributed by atoms with Gasteiger partial charge in [0.1, 0.15) is 0 Å². The fourth-order valence-electron chi connectivity index (χ4n) is 4.86. The topological polar surface area (TPSA) is 54.6 Å². The van der Waals surface area contributed by atoms with E-state index in [9.17, 15) is 9.59 Å². The van der Waals surface area contributed by atoms with Crippen LogP contribution < -0.4 is 0 Å². The summed E-state index contributed by atoms with van der Waals surface area (Å²) >= 11 is 0. The number of carbonyl (C=O) groups is 2. The Hall–Kier alpha value is -3.26. The molecule has 0 radical (unpaired) electrons. The van der Waals surface area contributed by atoms with Gasteiger partial charge in [-0.25, -0.2) is 4.85 Å². The van der Waals surface area contributed by atoms with Gasteiger partial charge in [0, 0.05) is 30.9 Å². The van der Waals surface area contributed by atoms with E-state index in [0.717, 1.165) is 23.2 Å². The van der Waals surface area contributed by atoms with Crippen molar-refractivity contribution in [1.82, 2.24) is 9.88 Å². The summed E-state index contributed by atoms with van der Waals surface area (Å²) in [6.07, 6.45) is 4.13. The largest absolute Gasteiger partial charge is 0.337 e. The van der Waals surface area contributed by atoms with Crippen LogP contribution in [-0.2, 0) is 21.5 Å². The number of amides is 1. The van der Waals surface area contributed by atoms with E-state index in [1.54, 1.807) is 12.3 Å². The highest BCUT2D eigenvalue weighted by atomic mass is 16.2. The predicted molar refractivity (Wildman–Crippen MR) is 109 cm³/mol. The molecule has 2 heterocycles. The highest BCUT2D eigenvalue weighted by Crippen LogP contribution is 2.49. The van der Waals surface area contributed by atoms with E-state index >= 15 is 0 Å². The number of likely N-dealkylation sites (tertiary alicyclic amines) is 1. The first-order chi connectivity index (χ1) is 14.0. The summed E-state index contributed by atoms with van der Waals surface area (Å²) in [6, 6.07) is 13.5. The van der Waals surface area contributed by atoms with Crippen LogP contribution >= 0.6 is 0 Å². The fraction of sp³-hybridized carbons (Fsp3) is 0.333. The van der Waals surface area contributed by atoms with Crippen molar-refractivity contribution in [3.8, 4) is 0 Å². The van der Waals surface area contributed by atoms with Gasteiger partial charge in [-0.2, -0.15) is 0 Å². The van der Waals surface area contributed by atoms with Gasteiger partial charge in [-0.3, -0.25) is 9.78 Å². The summed E-state index contributed by atoms with van der Waals surface area (Å²) in [4.78, 5) is 36.2. The van der Waals surface area contributed by atoms with Crippen LogP contribution in [0.25, 0.3) is 4.85 Å². The van der Waals surface area contributed by atoms with Gasteiger partial charge in [0.2, 0.25) is 11.6 Å². The molecule has 4 rings (SSSR count). The Morgan fingerprint density at radius 2 is 2.00 bits per heavy atom. The number of fused-ring (bicyclic) bond motifs is 1. The van der Waals surface area contributed by atoms with E-state index in [1.807, 2.05) is 61.2 Å². The number of ketones is 1. The third-order valence-electron chi connectivity index (χ3n) is 6.28. The molecule has 146 valence electrons. The first kappa shape index (κ1) is 19.1. The number of hydrogen-bond acceptors (Lipinski definition) is 3. The number of pyridine rings is 1. The summed E-state index contributed by atoms with van der Waals surface area (Å²) < 4.78 is 0. The van der Waals surface area contributed by atoms with Crippen LogP contribution in [0.1, 0.15) is 30.2 Å². The highest BCUT2D eigenvalue weighted by molar-refractivity contribution is 6.04. The van der Waals surface area contributed by atoms with Crippen LogP contribution in [0.3, 0.4) is 0 Å². The van der Waals surface area contributed by atoms with Crippen molar-refractivity contribution in [3.63, 3.8) is 0 Å². The van der Waals surface area contributed by atoms with E-state index in [-0.39, 0.29) is 29.2 Å². The molecule has 1 aromatic carbocycles. The molecule has 2 aromatic rings. The maximum Gasteiger partial charge on any atom is 0.236 e. The van der Waals surface area contributed by atoms with Crippen molar-refractivity contribution in [2.75, 3.05) is 6.54 Å². The SMILES string of the molecule is [C-]#[N+]C1=C[C@@]2(c3ccccc3)C(=O)N(Cc3ccnc(C)c3)CC[C@@H]2[C@@H](C)C1=O. The summed E-state index contributed by atoms with van der Waals surface area (Å²) in [5, 5.41) is 0. The molecule has 2 aliphatic rings. The lowest BCUT2D eigenvalue weighted by Gasteiger charge is -2.50. The minimum absolute atomic E-state index is 0.0325. The second-order valence-corrected chi connectivity index (χ2v) is 7.96.